The molecule has 0 aliphatic heterocycles. The first-order chi connectivity index (χ1) is 8.79. The van der Waals surface area contributed by atoms with Gasteiger partial charge in [-0.2, -0.15) is 13.2 Å². The lowest BCUT2D eigenvalue weighted by Crippen LogP contribution is -2.33. The molecule has 1 rings (SSSR count). The fourth-order valence-electron chi connectivity index (χ4n) is 2.02. The maximum Gasteiger partial charge on any atom is 0.411 e. The molecule has 0 aromatic heterocycles. The molecule has 0 radical (unpaired) electrons. The standard InChI is InChI=1S/C11H16F3NO4/c12-11(13,14)6-19-4-3-15-9(16)7-1-2-8(5-7)10(17)18/h7-8H,1-6H2,(H,15,16)(H,17,18). The third-order valence-electron chi connectivity index (χ3n) is 2.96. The minimum atomic E-state index is -4.37. The van der Waals surface area contributed by atoms with Crippen LogP contribution in [0.1, 0.15) is 19.3 Å². The highest BCUT2D eigenvalue weighted by molar-refractivity contribution is 5.80. The average molecular weight is 283 g/mol. The molecule has 1 saturated carbocycles. The van der Waals surface area contributed by atoms with E-state index in [4.69, 9.17) is 5.11 Å². The van der Waals surface area contributed by atoms with E-state index in [0.717, 1.165) is 0 Å². The van der Waals surface area contributed by atoms with E-state index in [9.17, 15) is 22.8 Å². The van der Waals surface area contributed by atoms with Crippen molar-refractivity contribution in [2.45, 2.75) is 25.4 Å². The van der Waals surface area contributed by atoms with E-state index in [0.29, 0.717) is 12.8 Å². The smallest absolute Gasteiger partial charge is 0.411 e. The van der Waals surface area contributed by atoms with E-state index in [1.807, 2.05) is 0 Å². The zero-order chi connectivity index (χ0) is 14.5. The Morgan fingerprint density at radius 2 is 1.89 bits per heavy atom. The van der Waals surface area contributed by atoms with Crippen LogP contribution in [0.25, 0.3) is 0 Å². The number of carbonyl (C=O) groups excluding carboxylic acids is 1. The third kappa shape index (κ3) is 5.91. The summed E-state index contributed by atoms with van der Waals surface area (Å²) in [6.07, 6.45) is -3.14. The van der Waals surface area contributed by atoms with Crippen LogP contribution in [0, 0.1) is 11.8 Å². The number of rotatable bonds is 6. The minimum absolute atomic E-state index is 0.0108. The lowest BCUT2D eigenvalue weighted by Gasteiger charge is -2.11. The van der Waals surface area contributed by atoms with Gasteiger partial charge >= 0.3 is 12.1 Å². The molecule has 19 heavy (non-hydrogen) atoms. The van der Waals surface area contributed by atoms with Crippen molar-refractivity contribution in [3.8, 4) is 0 Å². The average Bonchev–Trinajstić information content (AvgIpc) is 2.76. The molecule has 1 aliphatic carbocycles. The van der Waals surface area contributed by atoms with Crippen molar-refractivity contribution in [2.24, 2.45) is 11.8 Å². The number of carbonyl (C=O) groups is 2. The van der Waals surface area contributed by atoms with E-state index >= 15 is 0 Å². The second-order valence-electron chi connectivity index (χ2n) is 4.50. The fraction of sp³-hybridized carbons (Fsp3) is 0.818. The van der Waals surface area contributed by atoms with Gasteiger partial charge in [-0.05, 0) is 19.3 Å². The highest BCUT2D eigenvalue weighted by Crippen LogP contribution is 2.30. The number of carboxylic acids is 1. The van der Waals surface area contributed by atoms with Crippen LogP contribution in [0.4, 0.5) is 13.2 Å². The van der Waals surface area contributed by atoms with E-state index in [1.54, 1.807) is 0 Å². The van der Waals surface area contributed by atoms with Gasteiger partial charge in [0.05, 0.1) is 12.5 Å². The van der Waals surface area contributed by atoms with Crippen molar-refractivity contribution in [3.05, 3.63) is 0 Å². The summed E-state index contributed by atoms with van der Waals surface area (Å²) in [4.78, 5) is 22.3. The lowest BCUT2D eigenvalue weighted by molar-refractivity contribution is -0.173. The van der Waals surface area contributed by atoms with Gasteiger partial charge in [0.15, 0.2) is 0 Å². The number of amides is 1. The lowest BCUT2D eigenvalue weighted by atomic mass is 10.0. The van der Waals surface area contributed by atoms with Crippen LogP contribution in [0.15, 0.2) is 0 Å². The molecule has 0 spiro atoms. The Morgan fingerprint density at radius 1 is 1.26 bits per heavy atom. The first-order valence-corrected chi connectivity index (χ1v) is 5.94. The number of aliphatic carboxylic acids is 1. The van der Waals surface area contributed by atoms with E-state index in [1.165, 1.54) is 0 Å². The Hall–Kier alpha value is -1.31. The molecule has 1 fully saturated rings. The Balaban J connectivity index is 2.14. The van der Waals surface area contributed by atoms with Gasteiger partial charge < -0.3 is 15.2 Å². The molecular formula is C11H16F3NO4. The summed E-state index contributed by atoms with van der Waals surface area (Å²) in [6, 6.07) is 0. The van der Waals surface area contributed by atoms with Gasteiger partial charge in [-0.1, -0.05) is 0 Å². The molecule has 0 saturated heterocycles. The monoisotopic (exact) mass is 283 g/mol. The molecule has 110 valence electrons. The minimum Gasteiger partial charge on any atom is -0.481 e. The third-order valence-corrected chi connectivity index (χ3v) is 2.96. The van der Waals surface area contributed by atoms with Gasteiger partial charge in [0.1, 0.15) is 6.61 Å². The van der Waals surface area contributed by atoms with Crippen LogP contribution in [-0.4, -0.2) is 42.9 Å². The number of alkyl halides is 3. The van der Waals surface area contributed by atoms with Crippen LogP contribution < -0.4 is 5.32 Å². The van der Waals surface area contributed by atoms with Crippen molar-refractivity contribution in [2.75, 3.05) is 19.8 Å². The Labute approximate surface area is 108 Å². The molecule has 0 aromatic rings. The first-order valence-electron chi connectivity index (χ1n) is 5.94. The van der Waals surface area contributed by atoms with Gasteiger partial charge in [0, 0.05) is 12.5 Å². The summed E-state index contributed by atoms with van der Waals surface area (Å²) in [6.45, 7) is -1.57. The second kappa shape index (κ2) is 6.74. The number of ether oxygens (including phenoxy) is 1. The van der Waals surface area contributed by atoms with Crippen molar-refractivity contribution >= 4 is 11.9 Å². The van der Waals surface area contributed by atoms with Gasteiger partial charge in [-0.15, -0.1) is 0 Å². The molecule has 5 nitrogen and oxygen atoms in total. The highest BCUT2D eigenvalue weighted by atomic mass is 19.4. The van der Waals surface area contributed by atoms with Crippen LogP contribution in [0.2, 0.25) is 0 Å². The number of hydrogen-bond donors (Lipinski definition) is 2. The predicted molar refractivity (Wildman–Crippen MR) is 58.4 cm³/mol. The molecule has 0 heterocycles. The highest BCUT2D eigenvalue weighted by Gasteiger charge is 2.33. The number of carboxylic acid groups (broad SMARTS) is 1. The SMILES string of the molecule is O=C(O)C1CCC(C(=O)NCCOCC(F)(F)F)C1. The van der Waals surface area contributed by atoms with Gasteiger partial charge in [-0.25, -0.2) is 0 Å². The summed E-state index contributed by atoms with van der Waals surface area (Å²) < 4.78 is 39.6. The number of nitrogens with one attached hydrogen (secondary N) is 1. The van der Waals surface area contributed by atoms with E-state index < -0.39 is 24.7 Å². The van der Waals surface area contributed by atoms with Crippen molar-refractivity contribution in [1.82, 2.24) is 5.32 Å². The van der Waals surface area contributed by atoms with Crippen molar-refractivity contribution in [1.29, 1.82) is 0 Å². The normalized spacial score (nSPS) is 23.3. The van der Waals surface area contributed by atoms with Crippen molar-refractivity contribution in [3.63, 3.8) is 0 Å². The van der Waals surface area contributed by atoms with E-state index in [2.05, 4.69) is 10.1 Å². The maximum absolute atomic E-state index is 11.7. The summed E-state index contributed by atoms with van der Waals surface area (Å²) in [5.41, 5.74) is 0. The Kier molecular flexibility index (Phi) is 5.59. The maximum atomic E-state index is 11.7. The summed E-state index contributed by atoms with van der Waals surface area (Å²) in [5, 5.41) is 11.2. The second-order valence-corrected chi connectivity index (χ2v) is 4.50. The van der Waals surface area contributed by atoms with E-state index in [-0.39, 0.29) is 31.4 Å². The predicted octanol–water partition coefficient (Wildman–Crippen LogP) is 1.18. The molecular weight excluding hydrogens is 267 g/mol. The van der Waals surface area contributed by atoms with Crippen LogP contribution in [-0.2, 0) is 14.3 Å². The largest absolute Gasteiger partial charge is 0.481 e. The Morgan fingerprint density at radius 3 is 2.42 bits per heavy atom. The molecule has 2 unspecified atom stereocenters. The molecule has 0 bridgehead atoms. The zero-order valence-corrected chi connectivity index (χ0v) is 10.2. The fourth-order valence-corrected chi connectivity index (χ4v) is 2.02. The summed E-state index contributed by atoms with van der Waals surface area (Å²) in [5.74, 6) is -2.11. The van der Waals surface area contributed by atoms with Gasteiger partial charge in [-0.3, -0.25) is 9.59 Å². The van der Waals surface area contributed by atoms with Gasteiger partial charge in [0.2, 0.25) is 5.91 Å². The molecule has 8 heteroatoms. The van der Waals surface area contributed by atoms with Crippen LogP contribution in [0.5, 0.6) is 0 Å². The zero-order valence-electron chi connectivity index (χ0n) is 10.2. The number of halogens is 3. The summed E-state index contributed by atoms with van der Waals surface area (Å²) in [7, 11) is 0. The summed E-state index contributed by atoms with van der Waals surface area (Å²) >= 11 is 0. The van der Waals surface area contributed by atoms with Gasteiger partial charge in [0.25, 0.3) is 0 Å². The Bertz CT molecular complexity index is 332. The molecule has 0 aromatic carbocycles. The molecule has 1 amide bonds. The quantitative estimate of drug-likeness (QED) is 0.718. The van der Waals surface area contributed by atoms with Crippen LogP contribution >= 0.6 is 0 Å². The number of hydrogen-bond acceptors (Lipinski definition) is 3. The molecule has 2 atom stereocenters. The molecule has 1 aliphatic rings. The topological polar surface area (TPSA) is 75.6 Å². The van der Waals surface area contributed by atoms with Crippen molar-refractivity contribution < 1.29 is 32.6 Å². The molecule has 2 N–H and O–H groups in total. The first kappa shape index (κ1) is 15.7. The van der Waals surface area contributed by atoms with Crippen LogP contribution in [0.3, 0.4) is 0 Å².